The lowest BCUT2D eigenvalue weighted by Crippen LogP contribution is -2.17. The Morgan fingerprint density at radius 1 is 1.35 bits per heavy atom. The van der Waals surface area contributed by atoms with Gasteiger partial charge in [-0.25, -0.2) is 4.98 Å². The molecule has 1 saturated heterocycles. The van der Waals surface area contributed by atoms with E-state index in [1.54, 1.807) is 6.07 Å². The van der Waals surface area contributed by atoms with Crippen molar-refractivity contribution in [1.29, 1.82) is 0 Å². The second-order valence-corrected chi connectivity index (χ2v) is 4.65. The first-order valence-corrected chi connectivity index (χ1v) is 6.09. The van der Waals surface area contributed by atoms with Gasteiger partial charge in [-0.1, -0.05) is 11.6 Å². The molecule has 0 unspecified atom stereocenters. The standard InChI is InChI=1S/C11H13ClN4O/c1-7-13-9(12)6-10-14-15-11(16(7)10)8-2-4-17-5-3-8/h6,8H,2-5H2,1H3. The molecule has 0 saturated carbocycles. The van der Waals surface area contributed by atoms with Crippen LogP contribution in [0.5, 0.6) is 0 Å². The summed E-state index contributed by atoms with van der Waals surface area (Å²) in [5.74, 6) is 2.21. The summed E-state index contributed by atoms with van der Waals surface area (Å²) >= 11 is 5.91. The molecule has 0 spiro atoms. The van der Waals surface area contributed by atoms with Crippen LogP contribution in [-0.2, 0) is 4.74 Å². The Hall–Kier alpha value is -1.20. The molecular formula is C11H13ClN4O. The molecule has 5 nitrogen and oxygen atoms in total. The highest BCUT2D eigenvalue weighted by atomic mass is 35.5. The molecule has 17 heavy (non-hydrogen) atoms. The Kier molecular flexibility index (Phi) is 2.72. The summed E-state index contributed by atoms with van der Waals surface area (Å²) in [4.78, 5) is 4.25. The minimum atomic E-state index is 0.403. The molecule has 0 aromatic carbocycles. The van der Waals surface area contributed by atoms with Gasteiger partial charge in [0.15, 0.2) is 5.65 Å². The highest BCUT2D eigenvalue weighted by Gasteiger charge is 2.22. The van der Waals surface area contributed by atoms with Crippen molar-refractivity contribution >= 4 is 17.2 Å². The second-order valence-electron chi connectivity index (χ2n) is 4.26. The summed E-state index contributed by atoms with van der Waals surface area (Å²) in [6, 6.07) is 1.74. The Balaban J connectivity index is 2.10. The predicted octanol–water partition coefficient (Wildman–Crippen LogP) is 1.98. The van der Waals surface area contributed by atoms with Gasteiger partial charge in [0.1, 0.15) is 16.8 Å². The molecule has 0 bridgehead atoms. The van der Waals surface area contributed by atoms with E-state index in [0.29, 0.717) is 11.1 Å². The zero-order valence-corrected chi connectivity index (χ0v) is 10.3. The molecule has 1 fully saturated rings. The van der Waals surface area contributed by atoms with Crippen LogP contribution in [0, 0.1) is 6.92 Å². The van der Waals surface area contributed by atoms with Crippen molar-refractivity contribution in [3.63, 3.8) is 0 Å². The van der Waals surface area contributed by atoms with Gasteiger partial charge in [0.2, 0.25) is 0 Å². The first-order chi connectivity index (χ1) is 8.25. The summed E-state index contributed by atoms with van der Waals surface area (Å²) in [5, 5.41) is 8.90. The summed E-state index contributed by atoms with van der Waals surface area (Å²) in [7, 11) is 0. The van der Waals surface area contributed by atoms with E-state index in [1.165, 1.54) is 0 Å². The number of hydrogen-bond donors (Lipinski definition) is 0. The van der Waals surface area contributed by atoms with Crippen molar-refractivity contribution in [3.8, 4) is 0 Å². The molecule has 3 rings (SSSR count). The third-order valence-corrected chi connectivity index (χ3v) is 3.33. The van der Waals surface area contributed by atoms with E-state index in [1.807, 2.05) is 11.3 Å². The Morgan fingerprint density at radius 3 is 2.88 bits per heavy atom. The zero-order valence-electron chi connectivity index (χ0n) is 9.56. The van der Waals surface area contributed by atoms with Gasteiger partial charge in [0.25, 0.3) is 0 Å². The lowest BCUT2D eigenvalue weighted by molar-refractivity contribution is 0.0833. The van der Waals surface area contributed by atoms with Crippen molar-refractivity contribution in [2.75, 3.05) is 13.2 Å². The van der Waals surface area contributed by atoms with Gasteiger partial charge in [0.05, 0.1) is 0 Å². The molecule has 1 aliphatic rings. The summed E-state index contributed by atoms with van der Waals surface area (Å²) in [5.41, 5.74) is 0.768. The van der Waals surface area contributed by atoms with Gasteiger partial charge in [-0.05, 0) is 19.8 Å². The van der Waals surface area contributed by atoms with Gasteiger partial charge in [-0.3, -0.25) is 4.40 Å². The highest BCUT2D eigenvalue weighted by molar-refractivity contribution is 6.29. The van der Waals surface area contributed by atoms with Crippen LogP contribution in [0.2, 0.25) is 5.15 Å². The Labute approximate surface area is 104 Å². The number of nitrogens with zero attached hydrogens (tertiary/aromatic N) is 4. The van der Waals surface area contributed by atoms with Crippen molar-refractivity contribution in [2.45, 2.75) is 25.7 Å². The lowest BCUT2D eigenvalue weighted by Gasteiger charge is -2.20. The van der Waals surface area contributed by atoms with Crippen LogP contribution >= 0.6 is 11.6 Å². The predicted molar refractivity (Wildman–Crippen MR) is 63.3 cm³/mol. The molecule has 2 aromatic rings. The number of fused-ring (bicyclic) bond motifs is 1. The van der Waals surface area contributed by atoms with Gasteiger partial charge in [-0.2, -0.15) is 0 Å². The van der Waals surface area contributed by atoms with E-state index < -0.39 is 0 Å². The molecule has 3 heterocycles. The molecule has 0 atom stereocenters. The average molecular weight is 253 g/mol. The van der Waals surface area contributed by atoms with Crippen LogP contribution in [0.4, 0.5) is 0 Å². The van der Waals surface area contributed by atoms with Gasteiger partial charge < -0.3 is 4.74 Å². The maximum Gasteiger partial charge on any atom is 0.165 e. The van der Waals surface area contributed by atoms with Crippen LogP contribution in [0.25, 0.3) is 5.65 Å². The molecule has 90 valence electrons. The normalized spacial score (nSPS) is 17.8. The van der Waals surface area contributed by atoms with Crippen LogP contribution in [0.15, 0.2) is 6.07 Å². The second kappa shape index (κ2) is 4.23. The first kappa shape index (κ1) is 10.9. The van der Waals surface area contributed by atoms with E-state index >= 15 is 0 Å². The minimum Gasteiger partial charge on any atom is -0.381 e. The molecule has 6 heteroatoms. The number of halogens is 1. The van der Waals surface area contributed by atoms with E-state index in [9.17, 15) is 0 Å². The maximum atomic E-state index is 5.91. The van der Waals surface area contributed by atoms with E-state index in [2.05, 4.69) is 15.2 Å². The molecule has 0 aliphatic carbocycles. The first-order valence-electron chi connectivity index (χ1n) is 5.71. The monoisotopic (exact) mass is 252 g/mol. The lowest BCUT2D eigenvalue weighted by atomic mass is 9.99. The fourth-order valence-corrected chi connectivity index (χ4v) is 2.52. The number of hydrogen-bond acceptors (Lipinski definition) is 4. The highest BCUT2D eigenvalue weighted by Crippen LogP contribution is 2.26. The van der Waals surface area contributed by atoms with Crippen LogP contribution in [0.1, 0.15) is 30.4 Å². The van der Waals surface area contributed by atoms with Gasteiger partial charge in [-0.15, -0.1) is 10.2 Å². The molecular weight excluding hydrogens is 240 g/mol. The summed E-state index contributed by atoms with van der Waals surface area (Å²) in [6.07, 6.45) is 1.98. The van der Waals surface area contributed by atoms with Crippen molar-refractivity contribution in [2.24, 2.45) is 0 Å². The fourth-order valence-electron chi connectivity index (χ4n) is 2.30. The molecule has 1 aliphatic heterocycles. The number of aromatic nitrogens is 4. The van der Waals surface area contributed by atoms with Crippen molar-refractivity contribution in [3.05, 3.63) is 22.9 Å². The summed E-state index contributed by atoms with van der Waals surface area (Å²) in [6.45, 7) is 3.50. The van der Waals surface area contributed by atoms with Gasteiger partial charge in [0, 0.05) is 25.2 Å². The van der Waals surface area contributed by atoms with E-state index in [4.69, 9.17) is 16.3 Å². The maximum absolute atomic E-state index is 5.91. The zero-order chi connectivity index (χ0) is 11.8. The smallest absolute Gasteiger partial charge is 0.165 e. The van der Waals surface area contributed by atoms with Crippen molar-refractivity contribution in [1.82, 2.24) is 19.6 Å². The molecule has 0 N–H and O–H groups in total. The summed E-state index contributed by atoms with van der Waals surface area (Å²) < 4.78 is 7.35. The SMILES string of the molecule is Cc1nc(Cl)cc2nnc(C3CCOCC3)n12. The van der Waals surface area contributed by atoms with E-state index in [0.717, 1.165) is 43.4 Å². The number of aryl methyl sites for hydroxylation is 1. The largest absolute Gasteiger partial charge is 0.381 e. The fraction of sp³-hybridized carbons (Fsp3) is 0.545. The van der Waals surface area contributed by atoms with Crippen molar-refractivity contribution < 1.29 is 4.74 Å². The third-order valence-electron chi connectivity index (χ3n) is 3.14. The quantitative estimate of drug-likeness (QED) is 0.729. The topological polar surface area (TPSA) is 52.3 Å². The van der Waals surface area contributed by atoms with Crippen LogP contribution < -0.4 is 0 Å². The number of rotatable bonds is 1. The van der Waals surface area contributed by atoms with Crippen LogP contribution in [0.3, 0.4) is 0 Å². The average Bonchev–Trinajstić information content (AvgIpc) is 2.74. The molecule has 0 amide bonds. The van der Waals surface area contributed by atoms with Gasteiger partial charge >= 0.3 is 0 Å². The minimum absolute atomic E-state index is 0.403. The van der Waals surface area contributed by atoms with E-state index in [-0.39, 0.29) is 0 Å². The number of ether oxygens (including phenoxy) is 1. The third kappa shape index (κ3) is 1.89. The molecule has 2 aromatic heterocycles. The Morgan fingerprint density at radius 2 is 2.12 bits per heavy atom. The molecule has 0 radical (unpaired) electrons. The Bertz CT molecular complexity index is 548. The van der Waals surface area contributed by atoms with Crippen LogP contribution in [-0.4, -0.2) is 32.8 Å².